The zero-order valence-corrected chi connectivity index (χ0v) is 9.09. The second-order valence-corrected chi connectivity index (χ2v) is 5.19. The number of alkyl halides is 2. The smallest absolute Gasteiger partial charge is 0.410 e. The number of carbonyl (C=O) groups is 1. The Labute approximate surface area is 87.4 Å². The summed E-state index contributed by atoms with van der Waals surface area (Å²) in [5.41, 5.74) is -0.626. The zero-order valence-electron chi connectivity index (χ0n) is 9.09. The van der Waals surface area contributed by atoms with Crippen molar-refractivity contribution in [2.24, 2.45) is 5.92 Å². The van der Waals surface area contributed by atoms with E-state index in [1.165, 1.54) is 0 Å². The topological polar surface area (TPSA) is 29.5 Å². The van der Waals surface area contributed by atoms with Gasteiger partial charge in [-0.2, -0.15) is 0 Å². The molecule has 2 aliphatic rings. The first kappa shape index (κ1) is 10.6. The molecule has 2 atom stereocenters. The fourth-order valence-corrected chi connectivity index (χ4v) is 2.09. The molecule has 0 aromatic heterocycles. The van der Waals surface area contributed by atoms with Gasteiger partial charge < -0.3 is 4.74 Å². The van der Waals surface area contributed by atoms with E-state index in [1.807, 2.05) is 0 Å². The van der Waals surface area contributed by atoms with Crippen molar-refractivity contribution in [2.75, 3.05) is 6.54 Å². The molecule has 1 heterocycles. The summed E-state index contributed by atoms with van der Waals surface area (Å²) in [7, 11) is 0. The standard InChI is InChI=1S/C10H15F2NO2/c1-9(2,3)15-8(14)13-5-4-6-7(13)10(6,11)12/h6-7H,4-5H2,1-3H3/t6-,7+/m0/s1. The molecule has 1 saturated carbocycles. The molecule has 15 heavy (non-hydrogen) atoms. The summed E-state index contributed by atoms with van der Waals surface area (Å²) < 4.78 is 31.1. The fourth-order valence-electron chi connectivity index (χ4n) is 2.09. The Kier molecular flexibility index (Phi) is 2.01. The Hall–Kier alpha value is -0.870. The molecule has 1 amide bonds. The summed E-state index contributed by atoms with van der Waals surface area (Å²) in [6.45, 7) is 5.57. The monoisotopic (exact) mass is 219 g/mol. The number of rotatable bonds is 0. The van der Waals surface area contributed by atoms with Crippen LogP contribution in [0, 0.1) is 5.92 Å². The maximum Gasteiger partial charge on any atom is 0.410 e. The Morgan fingerprint density at radius 3 is 2.47 bits per heavy atom. The molecule has 2 fully saturated rings. The fraction of sp³-hybridized carbons (Fsp3) is 0.900. The number of piperidine rings is 1. The highest BCUT2D eigenvalue weighted by molar-refractivity contribution is 5.70. The summed E-state index contributed by atoms with van der Waals surface area (Å²) in [6, 6.07) is -0.910. The van der Waals surface area contributed by atoms with Gasteiger partial charge in [0.2, 0.25) is 0 Å². The molecular weight excluding hydrogens is 204 g/mol. The van der Waals surface area contributed by atoms with E-state index in [4.69, 9.17) is 4.74 Å². The Bertz CT molecular complexity index is 298. The lowest BCUT2D eigenvalue weighted by atomic mass is 10.2. The normalized spacial score (nSPS) is 32.5. The number of halogens is 2. The number of fused-ring (bicyclic) bond motifs is 1. The molecule has 1 aliphatic carbocycles. The minimum atomic E-state index is -2.69. The molecule has 0 spiro atoms. The van der Waals surface area contributed by atoms with Crippen LogP contribution in [0.3, 0.4) is 0 Å². The first-order valence-electron chi connectivity index (χ1n) is 5.11. The third-order valence-corrected chi connectivity index (χ3v) is 2.81. The summed E-state index contributed by atoms with van der Waals surface area (Å²) in [4.78, 5) is 12.7. The molecule has 1 aliphatic heterocycles. The predicted octanol–water partition coefficient (Wildman–Crippen LogP) is 2.26. The van der Waals surface area contributed by atoms with Gasteiger partial charge in [-0.1, -0.05) is 0 Å². The number of ether oxygens (including phenoxy) is 1. The third-order valence-electron chi connectivity index (χ3n) is 2.81. The van der Waals surface area contributed by atoms with E-state index in [0.717, 1.165) is 4.90 Å². The SMILES string of the molecule is CC(C)(C)OC(=O)N1CC[C@H]2[C@@H]1C2(F)F. The zero-order chi connectivity index (χ0) is 11.4. The van der Waals surface area contributed by atoms with Crippen molar-refractivity contribution >= 4 is 6.09 Å². The van der Waals surface area contributed by atoms with Crippen LogP contribution in [-0.2, 0) is 4.74 Å². The second kappa shape index (κ2) is 2.83. The van der Waals surface area contributed by atoms with Gasteiger partial charge in [-0.15, -0.1) is 0 Å². The average Bonchev–Trinajstić information content (AvgIpc) is 2.42. The van der Waals surface area contributed by atoms with Crippen LogP contribution in [0.15, 0.2) is 0 Å². The molecule has 5 heteroatoms. The number of nitrogens with zero attached hydrogens (tertiary/aromatic N) is 1. The van der Waals surface area contributed by atoms with Crippen LogP contribution >= 0.6 is 0 Å². The molecule has 2 rings (SSSR count). The van der Waals surface area contributed by atoms with Gasteiger partial charge in [-0.25, -0.2) is 13.6 Å². The summed E-state index contributed by atoms with van der Waals surface area (Å²) in [6.07, 6.45) is -0.233. The van der Waals surface area contributed by atoms with Crippen molar-refractivity contribution in [2.45, 2.75) is 44.8 Å². The highest BCUT2D eigenvalue weighted by atomic mass is 19.3. The largest absolute Gasteiger partial charge is 0.444 e. The average molecular weight is 219 g/mol. The van der Waals surface area contributed by atoms with E-state index in [-0.39, 0.29) is 0 Å². The summed E-state index contributed by atoms with van der Waals surface area (Å²) in [5, 5.41) is 0. The van der Waals surface area contributed by atoms with Crippen LogP contribution in [0.5, 0.6) is 0 Å². The molecule has 0 radical (unpaired) electrons. The number of likely N-dealkylation sites (tertiary alicyclic amines) is 1. The van der Waals surface area contributed by atoms with E-state index in [1.54, 1.807) is 20.8 Å². The van der Waals surface area contributed by atoms with Crippen molar-refractivity contribution in [3.63, 3.8) is 0 Å². The maximum absolute atomic E-state index is 13.0. The van der Waals surface area contributed by atoms with Crippen LogP contribution in [0.2, 0.25) is 0 Å². The molecule has 3 nitrogen and oxygen atoms in total. The van der Waals surface area contributed by atoms with Gasteiger partial charge in [0.25, 0.3) is 5.92 Å². The Morgan fingerprint density at radius 2 is 2.07 bits per heavy atom. The van der Waals surface area contributed by atoms with E-state index in [2.05, 4.69) is 0 Å². The lowest BCUT2D eigenvalue weighted by Crippen LogP contribution is -2.39. The van der Waals surface area contributed by atoms with Crippen LogP contribution in [0.1, 0.15) is 27.2 Å². The highest BCUT2D eigenvalue weighted by Gasteiger charge is 2.74. The van der Waals surface area contributed by atoms with Gasteiger partial charge in [0.05, 0.1) is 5.92 Å². The maximum atomic E-state index is 13.0. The number of hydrogen-bond acceptors (Lipinski definition) is 2. The van der Waals surface area contributed by atoms with E-state index >= 15 is 0 Å². The van der Waals surface area contributed by atoms with Gasteiger partial charge in [-0.3, -0.25) is 4.90 Å². The van der Waals surface area contributed by atoms with Crippen LogP contribution in [0.25, 0.3) is 0 Å². The Morgan fingerprint density at radius 1 is 1.47 bits per heavy atom. The van der Waals surface area contributed by atoms with Crippen molar-refractivity contribution in [1.29, 1.82) is 0 Å². The van der Waals surface area contributed by atoms with Gasteiger partial charge >= 0.3 is 6.09 Å². The van der Waals surface area contributed by atoms with Crippen LogP contribution in [-0.4, -0.2) is 35.1 Å². The van der Waals surface area contributed by atoms with Crippen molar-refractivity contribution in [1.82, 2.24) is 4.90 Å². The quantitative estimate of drug-likeness (QED) is 0.625. The molecule has 0 unspecified atom stereocenters. The third kappa shape index (κ3) is 1.68. The van der Waals surface area contributed by atoms with E-state index in [9.17, 15) is 13.6 Å². The van der Waals surface area contributed by atoms with Gasteiger partial charge in [0, 0.05) is 6.54 Å². The molecule has 0 bridgehead atoms. The molecule has 0 N–H and O–H groups in total. The number of hydrogen-bond donors (Lipinski definition) is 0. The first-order chi connectivity index (χ1) is 6.73. The summed E-state index contributed by atoms with van der Waals surface area (Å²) >= 11 is 0. The lowest BCUT2D eigenvalue weighted by molar-refractivity contribution is 0.00508. The lowest BCUT2D eigenvalue weighted by Gasteiger charge is -2.25. The number of carbonyl (C=O) groups excluding carboxylic acids is 1. The number of amides is 1. The van der Waals surface area contributed by atoms with Gasteiger partial charge in [0.1, 0.15) is 11.6 Å². The Balaban J connectivity index is 1.99. The minimum absolute atomic E-state index is 0.386. The van der Waals surface area contributed by atoms with Crippen molar-refractivity contribution < 1.29 is 18.3 Å². The first-order valence-corrected chi connectivity index (χ1v) is 5.11. The van der Waals surface area contributed by atoms with Crippen LogP contribution in [0.4, 0.5) is 13.6 Å². The minimum Gasteiger partial charge on any atom is -0.444 e. The molecule has 1 saturated heterocycles. The molecule has 86 valence electrons. The highest BCUT2D eigenvalue weighted by Crippen LogP contribution is 2.58. The summed E-state index contributed by atoms with van der Waals surface area (Å²) in [5.74, 6) is -3.32. The molecular formula is C10H15F2NO2. The van der Waals surface area contributed by atoms with Crippen LogP contribution < -0.4 is 0 Å². The van der Waals surface area contributed by atoms with E-state index in [0.29, 0.717) is 13.0 Å². The predicted molar refractivity (Wildman–Crippen MR) is 49.8 cm³/mol. The van der Waals surface area contributed by atoms with Crippen molar-refractivity contribution in [3.8, 4) is 0 Å². The van der Waals surface area contributed by atoms with Gasteiger partial charge in [0.15, 0.2) is 0 Å². The van der Waals surface area contributed by atoms with Gasteiger partial charge in [-0.05, 0) is 27.2 Å². The molecule has 0 aromatic carbocycles. The second-order valence-electron chi connectivity index (χ2n) is 5.19. The molecule has 0 aromatic rings. The van der Waals surface area contributed by atoms with Crippen molar-refractivity contribution in [3.05, 3.63) is 0 Å². The van der Waals surface area contributed by atoms with E-state index < -0.39 is 29.6 Å².